The van der Waals surface area contributed by atoms with E-state index in [2.05, 4.69) is 10.6 Å². The quantitative estimate of drug-likeness (QED) is 0.232. The Bertz CT molecular complexity index is 1570. The Balaban J connectivity index is 1.53. The smallest absolute Gasteiger partial charge is 0.255 e. The van der Waals surface area contributed by atoms with Gasteiger partial charge in [0.1, 0.15) is 23.0 Å². The number of ketones is 2. The maximum absolute atomic E-state index is 13.7. The van der Waals surface area contributed by atoms with Gasteiger partial charge in [-0.3, -0.25) is 19.2 Å². The normalized spacial score (nSPS) is 11.8. The topological polar surface area (TPSA) is 151 Å². The Kier molecular flexibility index (Phi) is 6.66. The van der Waals surface area contributed by atoms with Gasteiger partial charge in [-0.2, -0.15) is 0 Å². The van der Waals surface area contributed by atoms with E-state index < -0.39 is 34.9 Å². The van der Waals surface area contributed by atoms with E-state index in [4.69, 9.17) is 9.47 Å². The number of rotatable bonds is 6. The highest BCUT2D eigenvalue weighted by molar-refractivity contribution is 6.34. The fourth-order valence-electron chi connectivity index (χ4n) is 4.45. The average Bonchev–Trinajstić information content (AvgIpc) is 2.97. The predicted molar refractivity (Wildman–Crippen MR) is 145 cm³/mol. The molecule has 10 nitrogen and oxygen atoms in total. The van der Waals surface area contributed by atoms with Crippen molar-refractivity contribution in [3.63, 3.8) is 0 Å². The summed E-state index contributed by atoms with van der Waals surface area (Å²) in [5, 5.41) is 26.4. The Morgan fingerprint density at radius 2 is 0.900 bits per heavy atom. The van der Waals surface area contributed by atoms with Crippen molar-refractivity contribution in [1.82, 2.24) is 0 Å². The first-order chi connectivity index (χ1) is 19.2. The van der Waals surface area contributed by atoms with Gasteiger partial charge in [0.05, 0.1) is 47.8 Å². The van der Waals surface area contributed by atoms with Gasteiger partial charge in [-0.1, -0.05) is 0 Å². The number of methoxy groups -OCH3 is 2. The van der Waals surface area contributed by atoms with Crippen molar-refractivity contribution in [3.05, 3.63) is 106 Å². The second-order valence-corrected chi connectivity index (χ2v) is 8.79. The molecule has 0 saturated heterocycles. The molecule has 0 unspecified atom stereocenters. The third-order valence-electron chi connectivity index (χ3n) is 6.48. The van der Waals surface area contributed by atoms with E-state index >= 15 is 0 Å². The molecule has 40 heavy (non-hydrogen) atoms. The molecule has 0 radical (unpaired) electrons. The van der Waals surface area contributed by atoms with E-state index in [1.54, 1.807) is 24.3 Å². The van der Waals surface area contributed by atoms with Gasteiger partial charge >= 0.3 is 0 Å². The minimum absolute atomic E-state index is 0.0373. The van der Waals surface area contributed by atoms with Crippen molar-refractivity contribution in [1.29, 1.82) is 0 Å². The molecule has 0 atom stereocenters. The lowest BCUT2D eigenvalue weighted by Gasteiger charge is -2.24. The van der Waals surface area contributed by atoms with Crippen molar-refractivity contribution in [2.75, 3.05) is 24.9 Å². The molecule has 1 aliphatic rings. The van der Waals surface area contributed by atoms with Crippen LogP contribution >= 0.6 is 0 Å². The van der Waals surface area contributed by atoms with Crippen molar-refractivity contribution in [2.45, 2.75) is 0 Å². The van der Waals surface area contributed by atoms with E-state index in [1.807, 2.05) is 0 Å². The fraction of sp³-hybridized carbons (Fsp3) is 0.0667. The van der Waals surface area contributed by atoms with Crippen LogP contribution in [-0.2, 0) is 0 Å². The summed E-state index contributed by atoms with van der Waals surface area (Å²) < 4.78 is 10.2. The van der Waals surface area contributed by atoms with E-state index in [1.165, 1.54) is 62.8 Å². The van der Waals surface area contributed by atoms with Gasteiger partial charge in [0.15, 0.2) is 0 Å². The van der Waals surface area contributed by atoms with Crippen molar-refractivity contribution in [2.24, 2.45) is 0 Å². The second-order valence-electron chi connectivity index (χ2n) is 8.79. The van der Waals surface area contributed by atoms with Gasteiger partial charge in [-0.25, -0.2) is 0 Å². The number of carbonyl (C=O) groups is 4. The zero-order valence-corrected chi connectivity index (χ0v) is 21.3. The maximum Gasteiger partial charge on any atom is 0.255 e. The van der Waals surface area contributed by atoms with Crippen LogP contribution < -0.4 is 20.1 Å². The number of amides is 2. The molecule has 4 aromatic carbocycles. The van der Waals surface area contributed by atoms with Crippen LogP contribution in [-0.4, -0.2) is 47.8 Å². The molecule has 4 N–H and O–H groups in total. The van der Waals surface area contributed by atoms with Gasteiger partial charge in [-0.05, 0) is 72.8 Å². The molecular formula is C30H22N2O8. The molecular weight excluding hydrogens is 516 g/mol. The summed E-state index contributed by atoms with van der Waals surface area (Å²) in [7, 11) is 2.98. The van der Waals surface area contributed by atoms with E-state index in [-0.39, 0.29) is 44.8 Å². The van der Waals surface area contributed by atoms with Crippen molar-refractivity contribution in [3.8, 4) is 23.0 Å². The molecule has 0 heterocycles. The molecule has 10 heteroatoms. The van der Waals surface area contributed by atoms with Gasteiger partial charge in [0.2, 0.25) is 11.6 Å². The summed E-state index contributed by atoms with van der Waals surface area (Å²) in [5.41, 5.74) is -0.866. The Hall–Kier alpha value is -5.64. The summed E-state index contributed by atoms with van der Waals surface area (Å²) in [4.78, 5) is 53.3. The standard InChI is InChI=1S/C30H22N2O8/c1-39-17-7-3-15(4-8-17)29(37)31-19-11-13-21(33)25-23(19)27(35)26-22(34)14-12-20(24(26)28(25)36)32-30(38)16-5-9-18(40-2)10-6-16/h3-14,33-34H,1-2H3,(H,31,37)(H,32,38). The Morgan fingerprint density at radius 3 is 1.23 bits per heavy atom. The Morgan fingerprint density at radius 1 is 0.550 bits per heavy atom. The number of ether oxygens (including phenoxy) is 2. The molecule has 0 aliphatic heterocycles. The van der Waals surface area contributed by atoms with Crippen LogP contribution in [0.4, 0.5) is 11.4 Å². The minimum Gasteiger partial charge on any atom is -0.507 e. The number of fused-ring (bicyclic) bond motifs is 2. The molecule has 5 rings (SSSR count). The molecule has 2 amide bonds. The molecule has 0 aromatic heterocycles. The summed E-state index contributed by atoms with van der Waals surface area (Å²) in [5.74, 6) is -2.71. The summed E-state index contributed by atoms with van der Waals surface area (Å²) >= 11 is 0. The van der Waals surface area contributed by atoms with Crippen LogP contribution in [0.2, 0.25) is 0 Å². The predicted octanol–water partition coefficient (Wildman–Crippen LogP) is 4.40. The molecule has 0 spiro atoms. The highest BCUT2D eigenvalue weighted by atomic mass is 16.5. The maximum atomic E-state index is 13.7. The van der Waals surface area contributed by atoms with Crippen LogP contribution in [0.15, 0.2) is 72.8 Å². The van der Waals surface area contributed by atoms with Crippen LogP contribution in [0.5, 0.6) is 23.0 Å². The minimum atomic E-state index is -0.816. The van der Waals surface area contributed by atoms with E-state index in [9.17, 15) is 29.4 Å². The average molecular weight is 539 g/mol. The number of nitrogens with one attached hydrogen (secondary N) is 2. The van der Waals surface area contributed by atoms with Crippen LogP contribution in [0, 0.1) is 0 Å². The van der Waals surface area contributed by atoms with E-state index in [0.29, 0.717) is 11.5 Å². The second kappa shape index (κ2) is 10.3. The molecule has 200 valence electrons. The summed E-state index contributed by atoms with van der Waals surface area (Å²) in [6, 6.07) is 17.4. The third kappa shape index (κ3) is 4.47. The lowest BCUT2D eigenvalue weighted by atomic mass is 9.81. The SMILES string of the molecule is COc1ccc(C(=O)Nc2ccc(O)c3c2C(=O)c2c(O)ccc(NC(=O)c4ccc(OC)cc4)c2C3=O)cc1. The lowest BCUT2D eigenvalue weighted by molar-refractivity contribution is 0.0973. The number of hydrogen-bond donors (Lipinski definition) is 4. The van der Waals surface area contributed by atoms with Crippen molar-refractivity contribution < 1.29 is 38.9 Å². The van der Waals surface area contributed by atoms with Crippen LogP contribution in [0.1, 0.15) is 52.6 Å². The molecule has 4 aromatic rings. The van der Waals surface area contributed by atoms with Gasteiger partial charge in [0, 0.05) is 11.1 Å². The number of benzene rings is 4. The molecule has 0 fully saturated rings. The number of anilines is 2. The third-order valence-corrected chi connectivity index (χ3v) is 6.48. The summed E-state index contributed by atoms with van der Waals surface area (Å²) in [6.45, 7) is 0. The van der Waals surface area contributed by atoms with Crippen molar-refractivity contribution >= 4 is 34.8 Å². The number of phenolic OH excluding ortho intramolecular Hbond substituents is 2. The fourth-order valence-corrected chi connectivity index (χ4v) is 4.45. The molecule has 0 bridgehead atoms. The number of aromatic hydroxyl groups is 2. The van der Waals surface area contributed by atoms with Gasteiger partial charge < -0.3 is 30.3 Å². The van der Waals surface area contributed by atoms with Gasteiger partial charge in [0.25, 0.3) is 11.8 Å². The first kappa shape index (κ1) is 26.0. The number of phenols is 2. The van der Waals surface area contributed by atoms with Crippen LogP contribution in [0.25, 0.3) is 0 Å². The van der Waals surface area contributed by atoms with Gasteiger partial charge in [-0.15, -0.1) is 0 Å². The number of hydrogen-bond acceptors (Lipinski definition) is 8. The lowest BCUT2D eigenvalue weighted by Crippen LogP contribution is -2.26. The Labute approximate surface area is 227 Å². The highest BCUT2D eigenvalue weighted by Crippen LogP contribution is 2.42. The monoisotopic (exact) mass is 538 g/mol. The zero-order chi connectivity index (χ0) is 28.6. The highest BCUT2D eigenvalue weighted by Gasteiger charge is 2.38. The molecule has 0 saturated carbocycles. The molecule has 1 aliphatic carbocycles. The summed E-state index contributed by atoms with van der Waals surface area (Å²) in [6.07, 6.45) is 0. The first-order valence-electron chi connectivity index (χ1n) is 12.0. The number of carbonyl (C=O) groups excluding carboxylic acids is 4. The zero-order valence-electron chi connectivity index (χ0n) is 21.3. The van der Waals surface area contributed by atoms with E-state index in [0.717, 1.165) is 0 Å². The van der Waals surface area contributed by atoms with Crippen LogP contribution in [0.3, 0.4) is 0 Å². The first-order valence-corrected chi connectivity index (χ1v) is 12.0. The largest absolute Gasteiger partial charge is 0.507 e.